The number of nitrogens with one attached hydrogen (secondary N) is 2. The fourth-order valence-corrected chi connectivity index (χ4v) is 2.36. The first-order valence-corrected chi connectivity index (χ1v) is 6.09. The van der Waals surface area contributed by atoms with Crippen LogP contribution in [0.4, 0.5) is 5.69 Å². The van der Waals surface area contributed by atoms with Crippen LogP contribution in [0, 0.1) is 0 Å². The quantitative estimate of drug-likeness (QED) is 0.524. The van der Waals surface area contributed by atoms with E-state index in [-0.39, 0.29) is 5.11 Å². The van der Waals surface area contributed by atoms with Crippen LogP contribution in [0.3, 0.4) is 0 Å². The fraction of sp³-hybridized carbons (Fsp3) is 0. The third-order valence-electron chi connectivity index (χ3n) is 3.01. The van der Waals surface area contributed by atoms with Gasteiger partial charge in [-0.15, -0.1) is 0 Å². The lowest BCUT2D eigenvalue weighted by Crippen LogP contribution is -2.09. The topological polar surface area (TPSA) is 35.8 Å². The van der Waals surface area contributed by atoms with Crippen LogP contribution in [0.1, 0.15) is 0 Å². The highest BCUT2D eigenvalue weighted by Crippen LogP contribution is 2.32. The summed E-state index contributed by atoms with van der Waals surface area (Å²) in [5.41, 5.74) is 8.41. The van der Waals surface area contributed by atoms with E-state index in [1.54, 1.807) is 0 Å². The SMILES string of the molecule is [NH]C(=S)Nc1c2ccccc2cc2ccccc12. The first-order chi connectivity index (χ1) is 8.75. The highest BCUT2D eigenvalue weighted by Gasteiger charge is 2.07. The summed E-state index contributed by atoms with van der Waals surface area (Å²) in [5.74, 6) is 0. The van der Waals surface area contributed by atoms with Gasteiger partial charge in [0.25, 0.3) is 0 Å². The van der Waals surface area contributed by atoms with Crippen molar-refractivity contribution in [3.63, 3.8) is 0 Å². The van der Waals surface area contributed by atoms with E-state index in [2.05, 4.69) is 23.5 Å². The van der Waals surface area contributed by atoms with Crippen molar-refractivity contribution in [1.29, 1.82) is 0 Å². The van der Waals surface area contributed by atoms with E-state index in [0.717, 1.165) is 27.2 Å². The molecule has 0 aromatic heterocycles. The van der Waals surface area contributed by atoms with Crippen LogP contribution in [-0.2, 0) is 0 Å². The molecule has 2 nitrogen and oxygen atoms in total. The van der Waals surface area contributed by atoms with Gasteiger partial charge in [-0.25, -0.2) is 0 Å². The molecular formula is C15H11N2S. The summed E-state index contributed by atoms with van der Waals surface area (Å²) in [5, 5.41) is 7.50. The first kappa shape index (κ1) is 11.0. The summed E-state index contributed by atoms with van der Waals surface area (Å²) in [4.78, 5) is 0. The van der Waals surface area contributed by atoms with Gasteiger partial charge < -0.3 is 5.32 Å². The van der Waals surface area contributed by atoms with Crippen LogP contribution in [0.15, 0.2) is 54.6 Å². The molecule has 0 aliphatic heterocycles. The van der Waals surface area contributed by atoms with Crippen molar-refractivity contribution in [2.75, 3.05) is 5.32 Å². The molecule has 3 rings (SSSR count). The van der Waals surface area contributed by atoms with E-state index in [9.17, 15) is 0 Å². The van der Waals surface area contributed by atoms with E-state index >= 15 is 0 Å². The van der Waals surface area contributed by atoms with Gasteiger partial charge in [0.2, 0.25) is 0 Å². The highest BCUT2D eigenvalue weighted by molar-refractivity contribution is 7.80. The molecule has 3 heteroatoms. The lowest BCUT2D eigenvalue weighted by Gasteiger charge is -2.12. The molecule has 0 aliphatic rings. The molecule has 2 N–H and O–H groups in total. The molecule has 0 heterocycles. The second kappa shape index (κ2) is 4.27. The minimum atomic E-state index is 0.0384. The zero-order valence-corrected chi connectivity index (χ0v) is 10.4. The summed E-state index contributed by atoms with van der Waals surface area (Å²) < 4.78 is 0. The van der Waals surface area contributed by atoms with Crippen molar-refractivity contribution in [1.82, 2.24) is 5.73 Å². The second-order valence-electron chi connectivity index (χ2n) is 4.15. The van der Waals surface area contributed by atoms with Gasteiger partial charge in [0.15, 0.2) is 5.11 Å². The zero-order chi connectivity index (χ0) is 12.5. The van der Waals surface area contributed by atoms with Crippen molar-refractivity contribution in [2.24, 2.45) is 0 Å². The molecular weight excluding hydrogens is 240 g/mol. The average molecular weight is 251 g/mol. The average Bonchev–Trinajstić information content (AvgIpc) is 2.38. The summed E-state index contributed by atoms with van der Waals surface area (Å²) in [6.45, 7) is 0. The number of hydrogen-bond donors (Lipinski definition) is 1. The fourth-order valence-electron chi connectivity index (χ4n) is 2.26. The Labute approximate surface area is 110 Å². The smallest absolute Gasteiger partial charge is 0.189 e. The maximum absolute atomic E-state index is 7.49. The van der Waals surface area contributed by atoms with Gasteiger partial charge in [-0.05, 0) is 29.1 Å². The van der Waals surface area contributed by atoms with Crippen LogP contribution in [-0.4, -0.2) is 5.11 Å². The Hall–Kier alpha value is -2.13. The maximum atomic E-state index is 7.49. The van der Waals surface area contributed by atoms with Crippen molar-refractivity contribution < 1.29 is 0 Å². The lowest BCUT2D eigenvalue weighted by atomic mass is 10.0. The molecule has 1 radical (unpaired) electrons. The molecule has 0 bridgehead atoms. The molecule has 3 aromatic carbocycles. The molecule has 87 valence electrons. The van der Waals surface area contributed by atoms with Gasteiger partial charge in [-0.2, -0.15) is 0 Å². The normalized spacial score (nSPS) is 10.7. The summed E-state index contributed by atoms with van der Waals surface area (Å²) in [7, 11) is 0. The molecule has 0 saturated carbocycles. The van der Waals surface area contributed by atoms with Crippen LogP contribution in [0.2, 0.25) is 0 Å². The third kappa shape index (κ3) is 1.79. The number of anilines is 1. The van der Waals surface area contributed by atoms with Gasteiger partial charge in [0.1, 0.15) is 0 Å². The van der Waals surface area contributed by atoms with Crippen LogP contribution < -0.4 is 11.1 Å². The van der Waals surface area contributed by atoms with Gasteiger partial charge >= 0.3 is 0 Å². The van der Waals surface area contributed by atoms with Crippen LogP contribution >= 0.6 is 12.2 Å². The monoisotopic (exact) mass is 251 g/mol. The Balaban J connectivity index is 2.45. The third-order valence-corrected chi connectivity index (χ3v) is 3.11. The molecule has 18 heavy (non-hydrogen) atoms. The van der Waals surface area contributed by atoms with Crippen molar-refractivity contribution in [2.45, 2.75) is 0 Å². The molecule has 0 amide bonds. The molecule has 0 fully saturated rings. The van der Waals surface area contributed by atoms with Gasteiger partial charge in [0.05, 0.1) is 5.69 Å². The number of fused-ring (bicyclic) bond motifs is 2. The van der Waals surface area contributed by atoms with Gasteiger partial charge in [-0.1, -0.05) is 48.5 Å². The molecule has 0 atom stereocenters. The standard InChI is InChI=1S/C15H11N2S/c16-15(18)17-14-12-7-3-1-5-10(12)9-11-6-2-4-8-13(11)14/h1-9,16H,(H,17,18). The Kier molecular flexibility index (Phi) is 2.61. The molecule has 3 aromatic rings. The largest absolute Gasteiger partial charge is 0.330 e. The molecule has 0 unspecified atom stereocenters. The van der Waals surface area contributed by atoms with Crippen LogP contribution in [0.5, 0.6) is 0 Å². The number of hydrogen-bond acceptors (Lipinski definition) is 1. The molecule has 0 saturated heterocycles. The lowest BCUT2D eigenvalue weighted by molar-refractivity contribution is 1.62. The minimum Gasteiger partial charge on any atom is -0.330 e. The summed E-state index contributed by atoms with van der Waals surface area (Å²) in [6.07, 6.45) is 0. The van der Waals surface area contributed by atoms with Crippen molar-refractivity contribution in [3.05, 3.63) is 54.6 Å². The minimum absolute atomic E-state index is 0.0384. The van der Waals surface area contributed by atoms with Gasteiger partial charge in [0, 0.05) is 10.8 Å². The highest BCUT2D eigenvalue weighted by atomic mass is 32.1. The Morgan fingerprint density at radius 2 is 1.39 bits per heavy atom. The summed E-state index contributed by atoms with van der Waals surface area (Å²) >= 11 is 4.86. The predicted octanol–water partition coefficient (Wildman–Crippen LogP) is 3.97. The Bertz CT molecular complexity index is 696. The van der Waals surface area contributed by atoms with Crippen LogP contribution in [0.25, 0.3) is 21.5 Å². The predicted molar refractivity (Wildman–Crippen MR) is 80.8 cm³/mol. The van der Waals surface area contributed by atoms with E-state index in [1.807, 2.05) is 36.4 Å². The molecule has 0 aliphatic carbocycles. The first-order valence-electron chi connectivity index (χ1n) is 5.69. The maximum Gasteiger partial charge on any atom is 0.189 e. The van der Waals surface area contributed by atoms with E-state index in [0.29, 0.717) is 0 Å². The summed E-state index contributed by atoms with van der Waals surface area (Å²) in [6, 6.07) is 18.4. The van der Waals surface area contributed by atoms with Gasteiger partial charge in [-0.3, -0.25) is 5.73 Å². The number of thiocarbonyl (C=S) groups is 1. The molecule has 0 spiro atoms. The van der Waals surface area contributed by atoms with E-state index in [1.165, 1.54) is 0 Å². The Morgan fingerprint density at radius 1 is 0.889 bits per heavy atom. The number of rotatable bonds is 1. The Morgan fingerprint density at radius 3 is 1.89 bits per heavy atom. The van der Waals surface area contributed by atoms with Crippen molar-refractivity contribution in [3.8, 4) is 0 Å². The number of benzene rings is 3. The van der Waals surface area contributed by atoms with E-state index in [4.69, 9.17) is 18.0 Å². The zero-order valence-electron chi connectivity index (χ0n) is 9.60. The second-order valence-corrected chi connectivity index (χ2v) is 4.56. The van der Waals surface area contributed by atoms with Crippen molar-refractivity contribution >= 4 is 44.6 Å². The van der Waals surface area contributed by atoms with E-state index < -0.39 is 0 Å².